The van der Waals surface area contributed by atoms with Crippen molar-refractivity contribution in [3.05, 3.63) is 45.9 Å². The van der Waals surface area contributed by atoms with Crippen molar-refractivity contribution in [3.63, 3.8) is 0 Å². The van der Waals surface area contributed by atoms with Crippen molar-refractivity contribution in [2.75, 3.05) is 11.9 Å². The van der Waals surface area contributed by atoms with Gasteiger partial charge in [0.1, 0.15) is 17.5 Å². The number of fused-ring (bicyclic) bond motifs is 1. The van der Waals surface area contributed by atoms with Gasteiger partial charge in [-0.2, -0.15) is 0 Å². The monoisotopic (exact) mass is 389 g/mol. The van der Waals surface area contributed by atoms with Crippen LogP contribution in [-0.4, -0.2) is 22.5 Å². The number of aromatic nitrogens is 2. The normalized spacial score (nSPS) is 10.8. The Morgan fingerprint density at radius 1 is 1.29 bits per heavy atom. The molecule has 0 saturated carbocycles. The van der Waals surface area contributed by atoms with Crippen LogP contribution in [0.3, 0.4) is 0 Å². The van der Waals surface area contributed by atoms with Crippen LogP contribution in [0.25, 0.3) is 11.1 Å². The third-order valence-electron chi connectivity index (χ3n) is 3.71. The lowest BCUT2D eigenvalue weighted by Gasteiger charge is -2.08. The predicted octanol–water partition coefficient (Wildman–Crippen LogP) is 3.93. The molecule has 0 aliphatic heterocycles. The molecule has 0 fully saturated rings. The number of furan rings is 1. The molecule has 1 amide bonds. The molecule has 1 aromatic carbocycles. The quantitative estimate of drug-likeness (QED) is 0.731. The number of benzene rings is 1. The molecular formula is C17H16BrN3O3. The summed E-state index contributed by atoms with van der Waals surface area (Å²) in [6.07, 6.45) is 1.36. The summed E-state index contributed by atoms with van der Waals surface area (Å²) in [7, 11) is 0. The zero-order valence-electron chi connectivity index (χ0n) is 13.5. The number of rotatable bonds is 4. The second-order valence-electron chi connectivity index (χ2n) is 5.44. The van der Waals surface area contributed by atoms with Crippen LogP contribution < -0.4 is 10.1 Å². The Hall–Kier alpha value is -2.41. The summed E-state index contributed by atoms with van der Waals surface area (Å²) < 4.78 is 12.1. The van der Waals surface area contributed by atoms with Gasteiger partial charge in [-0.1, -0.05) is 15.9 Å². The second kappa shape index (κ2) is 6.60. The number of carbonyl (C=O) groups excluding carboxylic acids is 1. The lowest BCUT2D eigenvalue weighted by atomic mass is 10.2. The summed E-state index contributed by atoms with van der Waals surface area (Å²) in [5.74, 6) is 0.836. The molecule has 0 bridgehead atoms. The predicted molar refractivity (Wildman–Crippen MR) is 94.3 cm³/mol. The summed E-state index contributed by atoms with van der Waals surface area (Å²) >= 11 is 3.43. The second-order valence-corrected chi connectivity index (χ2v) is 6.30. The Bertz CT molecular complexity index is 921. The molecule has 2 aromatic heterocycles. The van der Waals surface area contributed by atoms with E-state index in [4.69, 9.17) is 9.15 Å². The minimum atomic E-state index is -0.263. The highest BCUT2D eigenvalue weighted by Gasteiger charge is 2.15. The summed E-state index contributed by atoms with van der Waals surface area (Å²) in [4.78, 5) is 20.3. The van der Waals surface area contributed by atoms with Crippen molar-refractivity contribution >= 4 is 38.6 Å². The zero-order valence-corrected chi connectivity index (χ0v) is 15.1. The molecule has 6 nitrogen and oxygen atoms in total. The van der Waals surface area contributed by atoms with Gasteiger partial charge in [0, 0.05) is 15.7 Å². The van der Waals surface area contributed by atoms with Crippen LogP contribution in [0.2, 0.25) is 0 Å². The molecule has 3 aromatic rings. The summed E-state index contributed by atoms with van der Waals surface area (Å²) in [6.45, 7) is 5.56. The number of amides is 1. The Morgan fingerprint density at radius 3 is 2.83 bits per heavy atom. The van der Waals surface area contributed by atoms with Crippen LogP contribution >= 0.6 is 15.9 Å². The van der Waals surface area contributed by atoms with Crippen molar-refractivity contribution < 1.29 is 13.9 Å². The topological polar surface area (TPSA) is 77.2 Å². The summed E-state index contributed by atoms with van der Waals surface area (Å²) in [5.41, 5.74) is 3.12. The van der Waals surface area contributed by atoms with Crippen molar-refractivity contribution in [2.24, 2.45) is 0 Å². The van der Waals surface area contributed by atoms with Crippen molar-refractivity contribution in [2.45, 2.75) is 20.8 Å². The molecule has 0 aliphatic carbocycles. The Balaban J connectivity index is 1.71. The van der Waals surface area contributed by atoms with E-state index in [2.05, 4.69) is 31.2 Å². The van der Waals surface area contributed by atoms with Gasteiger partial charge in [0.05, 0.1) is 0 Å². The molecule has 0 saturated heterocycles. The number of ether oxygens (including phenoxy) is 1. The first-order chi connectivity index (χ1) is 11.5. The van der Waals surface area contributed by atoms with E-state index in [1.54, 1.807) is 0 Å². The van der Waals surface area contributed by atoms with Crippen LogP contribution in [0.1, 0.15) is 16.9 Å². The van der Waals surface area contributed by atoms with Gasteiger partial charge in [0.15, 0.2) is 6.61 Å². The number of halogens is 1. The number of nitrogens with one attached hydrogen (secondary N) is 1. The van der Waals surface area contributed by atoms with E-state index in [-0.39, 0.29) is 12.5 Å². The Kier molecular flexibility index (Phi) is 4.53. The molecule has 0 aliphatic rings. The molecule has 1 N–H and O–H groups in total. The standard InChI is InChI=1S/C17H16BrN3O3/c1-9-6-12(4-5-13(9)18)21-14(22)7-23-16-15-10(2)11(3)24-17(15)20-8-19-16/h4-6,8H,7H2,1-3H3,(H,21,22). The fraction of sp³-hybridized carbons (Fsp3) is 0.235. The van der Waals surface area contributed by atoms with Crippen LogP contribution in [0, 0.1) is 20.8 Å². The van der Waals surface area contributed by atoms with Gasteiger partial charge >= 0.3 is 0 Å². The molecule has 2 heterocycles. The molecule has 3 rings (SSSR count). The Labute approximate surface area is 147 Å². The van der Waals surface area contributed by atoms with E-state index in [0.29, 0.717) is 22.7 Å². The van der Waals surface area contributed by atoms with Crippen LogP contribution in [-0.2, 0) is 4.79 Å². The SMILES string of the molecule is Cc1cc(NC(=O)COc2ncnc3oc(C)c(C)c23)ccc1Br. The molecule has 0 unspecified atom stereocenters. The van der Waals surface area contributed by atoms with E-state index in [9.17, 15) is 4.79 Å². The minimum absolute atomic E-state index is 0.148. The number of aryl methyl sites for hydroxylation is 3. The fourth-order valence-electron chi connectivity index (χ4n) is 2.31. The third kappa shape index (κ3) is 3.26. The highest BCUT2D eigenvalue weighted by Crippen LogP contribution is 2.29. The molecule has 7 heteroatoms. The van der Waals surface area contributed by atoms with Gasteiger partial charge < -0.3 is 14.5 Å². The molecule has 124 valence electrons. The Morgan fingerprint density at radius 2 is 2.08 bits per heavy atom. The number of carbonyl (C=O) groups is 1. The summed E-state index contributed by atoms with van der Waals surface area (Å²) in [5, 5.41) is 3.49. The lowest BCUT2D eigenvalue weighted by molar-refractivity contribution is -0.118. The van der Waals surface area contributed by atoms with Gasteiger partial charge in [0.2, 0.25) is 11.6 Å². The molecule has 0 atom stereocenters. The maximum atomic E-state index is 12.1. The number of hydrogen-bond acceptors (Lipinski definition) is 5. The molecule has 0 radical (unpaired) electrons. The van der Waals surface area contributed by atoms with Crippen LogP contribution in [0.15, 0.2) is 33.4 Å². The maximum absolute atomic E-state index is 12.1. The lowest BCUT2D eigenvalue weighted by Crippen LogP contribution is -2.20. The fourth-order valence-corrected chi connectivity index (χ4v) is 2.56. The molecule has 24 heavy (non-hydrogen) atoms. The highest BCUT2D eigenvalue weighted by molar-refractivity contribution is 9.10. The first kappa shape index (κ1) is 16.4. The van der Waals surface area contributed by atoms with Gasteiger partial charge in [-0.3, -0.25) is 4.79 Å². The maximum Gasteiger partial charge on any atom is 0.262 e. The largest absolute Gasteiger partial charge is 0.467 e. The third-order valence-corrected chi connectivity index (χ3v) is 4.60. The number of anilines is 1. The average Bonchev–Trinajstić information content (AvgIpc) is 2.84. The van der Waals surface area contributed by atoms with Gasteiger partial charge in [-0.25, -0.2) is 9.97 Å². The van der Waals surface area contributed by atoms with E-state index >= 15 is 0 Å². The van der Waals surface area contributed by atoms with Crippen molar-refractivity contribution in [3.8, 4) is 5.88 Å². The van der Waals surface area contributed by atoms with E-state index in [1.165, 1.54) is 6.33 Å². The average molecular weight is 390 g/mol. The summed E-state index contributed by atoms with van der Waals surface area (Å²) in [6, 6.07) is 5.59. The minimum Gasteiger partial charge on any atom is -0.467 e. The van der Waals surface area contributed by atoms with E-state index in [1.807, 2.05) is 39.0 Å². The van der Waals surface area contributed by atoms with E-state index < -0.39 is 0 Å². The van der Waals surface area contributed by atoms with Gasteiger partial charge in [-0.15, -0.1) is 0 Å². The van der Waals surface area contributed by atoms with Gasteiger partial charge in [-0.05, 0) is 44.5 Å². The van der Waals surface area contributed by atoms with Crippen molar-refractivity contribution in [1.29, 1.82) is 0 Å². The first-order valence-corrected chi connectivity index (χ1v) is 8.14. The van der Waals surface area contributed by atoms with Gasteiger partial charge in [0.25, 0.3) is 5.91 Å². The smallest absolute Gasteiger partial charge is 0.262 e. The van der Waals surface area contributed by atoms with E-state index in [0.717, 1.165) is 21.4 Å². The zero-order chi connectivity index (χ0) is 17.3. The van der Waals surface area contributed by atoms with Crippen LogP contribution in [0.5, 0.6) is 5.88 Å². The number of nitrogens with zero attached hydrogens (tertiary/aromatic N) is 2. The first-order valence-electron chi connectivity index (χ1n) is 7.35. The van der Waals surface area contributed by atoms with Crippen LogP contribution in [0.4, 0.5) is 5.69 Å². The number of hydrogen-bond donors (Lipinski definition) is 1. The highest BCUT2D eigenvalue weighted by atomic mass is 79.9. The molecule has 0 spiro atoms. The molecular weight excluding hydrogens is 374 g/mol. The van der Waals surface area contributed by atoms with Crippen molar-refractivity contribution in [1.82, 2.24) is 9.97 Å².